The lowest BCUT2D eigenvalue weighted by Crippen LogP contribution is -2.32. The predicted octanol–water partition coefficient (Wildman–Crippen LogP) is 1.71. The minimum atomic E-state index is -4.65. The Morgan fingerprint density at radius 3 is 2.14 bits per heavy atom. The van der Waals surface area contributed by atoms with Crippen LogP contribution in [0.3, 0.4) is 0 Å². The molecule has 0 saturated heterocycles. The zero-order valence-electron chi connectivity index (χ0n) is 7.85. The first kappa shape index (κ1) is 12.9. The van der Waals surface area contributed by atoms with Gasteiger partial charge in [0.15, 0.2) is 5.92 Å². The Kier molecular flexibility index (Phi) is 4.59. The van der Waals surface area contributed by atoms with Gasteiger partial charge < -0.3 is 9.53 Å². The van der Waals surface area contributed by atoms with Gasteiger partial charge in [-0.1, -0.05) is 0 Å². The largest absolute Gasteiger partial charge is 0.469 e. The number of carbonyl (C=O) groups excluding carboxylic acids is 2. The van der Waals surface area contributed by atoms with Gasteiger partial charge >= 0.3 is 12.1 Å². The average Bonchev–Trinajstić information content (AvgIpc) is 2.01. The molecule has 0 saturated carbocycles. The van der Waals surface area contributed by atoms with Crippen molar-refractivity contribution in [2.75, 3.05) is 7.11 Å². The third-order valence-corrected chi connectivity index (χ3v) is 1.67. The van der Waals surface area contributed by atoms with E-state index in [9.17, 15) is 22.8 Å². The maximum atomic E-state index is 12.2. The van der Waals surface area contributed by atoms with Gasteiger partial charge in [0.25, 0.3) is 0 Å². The van der Waals surface area contributed by atoms with Gasteiger partial charge in [-0.15, -0.1) is 0 Å². The topological polar surface area (TPSA) is 43.4 Å². The van der Waals surface area contributed by atoms with Gasteiger partial charge in [-0.3, -0.25) is 4.79 Å². The van der Waals surface area contributed by atoms with Crippen molar-refractivity contribution in [2.24, 2.45) is 5.92 Å². The third-order valence-electron chi connectivity index (χ3n) is 1.67. The zero-order chi connectivity index (χ0) is 11.4. The number of Topliss-reactive ketones (excluding diaryl/α,β-unsaturated/α-hetero) is 1. The maximum absolute atomic E-state index is 12.2. The van der Waals surface area contributed by atoms with Gasteiger partial charge in [-0.25, -0.2) is 0 Å². The van der Waals surface area contributed by atoms with Crippen LogP contribution in [0.25, 0.3) is 0 Å². The summed E-state index contributed by atoms with van der Waals surface area (Å²) in [4.78, 5) is 21.2. The molecule has 0 aromatic carbocycles. The highest BCUT2D eigenvalue weighted by molar-refractivity contribution is 5.77. The standard InChI is InChI=1S/C8H11F3O3/c1-5(12)3-4-6(7(13)14-2)8(9,10)11/h6H,3-4H2,1-2H3. The van der Waals surface area contributed by atoms with Crippen LogP contribution in [0, 0.1) is 5.92 Å². The second-order valence-electron chi connectivity index (χ2n) is 2.86. The SMILES string of the molecule is COC(=O)C(CCC(C)=O)C(F)(F)F. The highest BCUT2D eigenvalue weighted by atomic mass is 19.4. The molecule has 82 valence electrons. The van der Waals surface area contributed by atoms with Crippen LogP contribution in [0.4, 0.5) is 13.2 Å². The van der Waals surface area contributed by atoms with Crippen LogP contribution in [0.1, 0.15) is 19.8 Å². The van der Waals surface area contributed by atoms with E-state index in [1.165, 1.54) is 6.92 Å². The Labute approximate surface area is 79.2 Å². The van der Waals surface area contributed by atoms with Crippen LogP contribution in [-0.2, 0) is 14.3 Å². The molecule has 3 nitrogen and oxygen atoms in total. The van der Waals surface area contributed by atoms with Crippen molar-refractivity contribution in [3.63, 3.8) is 0 Å². The van der Waals surface area contributed by atoms with Crippen molar-refractivity contribution < 1.29 is 27.5 Å². The molecule has 0 bridgehead atoms. The highest BCUT2D eigenvalue weighted by Crippen LogP contribution is 2.30. The molecule has 14 heavy (non-hydrogen) atoms. The lowest BCUT2D eigenvalue weighted by atomic mass is 10.0. The summed E-state index contributed by atoms with van der Waals surface area (Å²) in [6.45, 7) is 1.17. The monoisotopic (exact) mass is 212 g/mol. The molecule has 0 rings (SSSR count). The van der Waals surface area contributed by atoms with Crippen molar-refractivity contribution in [3.05, 3.63) is 0 Å². The number of hydrogen-bond donors (Lipinski definition) is 0. The quantitative estimate of drug-likeness (QED) is 0.666. The Bertz CT molecular complexity index is 222. The van der Waals surface area contributed by atoms with Gasteiger partial charge in [0.2, 0.25) is 0 Å². The van der Waals surface area contributed by atoms with Crippen molar-refractivity contribution in [1.29, 1.82) is 0 Å². The van der Waals surface area contributed by atoms with E-state index in [0.717, 1.165) is 7.11 Å². The van der Waals surface area contributed by atoms with Crippen LogP contribution in [0.2, 0.25) is 0 Å². The fourth-order valence-corrected chi connectivity index (χ4v) is 0.905. The van der Waals surface area contributed by atoms with Gasteiger partial charge in [0.05, 0.1) is 7.11 Å². The molecule has 0 aliphatic heterocycles. The number of esters is 1. The smallest absolute Gasteiger partial charge is 0.402 e. The molecule has 0 aliphatic rings. The second kappa shape index (κ2) is 4.97. The van der Waals surface area contributed by atoms with E-state index in [1.807, 2.05) is 0 Å². The molecule has 1 unspecified atom stereocenters. The van der Waals surface area contributed by atoms with Crippen LogP contribution < -0.4 is 0 Å². The normalized spacial score (nSPS) is 13.5. The van der Waals surface area contributed by atoms with E-state index >= 15 is 0 Å². The fraction of sp³-hybridized carbons (Fsp3) is 0.750. The van der Waals surface area contributed by atoms with Crippen molar-refractivity contribution in [3.8, 4) is 0 Å². The molecule has 0 N–H and O–H groups in total. The molecule has 0 aliphatic carbocycles. The van der Waals surface area contributed by atoms with Gasteiger partial charge in [-0.05, 0) is 13.3 Å². The Morgan fingerprint density at radius 2 is 1.86 bits per heavy atom. The van der Waals surface area contributed by atoms with E-state index < -0.39 is 24.5 Å². The number of alkyl halides is 3. The van der Waals surface area contributed by atoms with E-state index in [1.54, 1.807) is 0 Å². The number of methoxy groups -OCH3 is 1. The fourth-order valence-electron chi connectivity index (χ4n) is 0.905. The number of halogens is 3. The first-order valence-corrected chi connectivity index (χ1v) is 3.93. The van der Waals surface area contributed by atoms with Crippen LogP contribution in [-0.4, -0.2) is 25.0 Å². The zero-order valence-corrected chi connectivity index (χ0v) is 7.85. The Balaban J connectivity index is 4.41. The van der Waals surface area contributed by atoms with E-state index in [4.69, 9.17) is 0 Å². The molecular weight excluding hydrogens is 201 g/mol. The molecule has 6 heteroatoms. The third kappa shape index (κ3) is 4.25. The van der Waals surface area contributed by atoms with E-state index in [2.05, 4.69) is 4.74 Å². The highest BCUT2D eigenvalue weighted by Gasteiger charge is 2.45. The summed E-state index contributed by atoms with van der Waals surface area (Å²) in [5, 5.41) is 0. The van der Waals surface area contributed by atoms with Gasteiger partial charge in [-0.2, -0.15) is 13.2 Å². The van der Waals surface area contributed by atoms with Crippen LogP contribution >= 0.6 is 0 Å². The van der Waals surface area contributed by atoms with Gasteiger partial charge in [0, 0.05) is 6.42 Å². The van der Waals surface area contributed by atoms with Gasteiger partial charge in [0.1, 0.15) is 5.78 Å². The number of ether oxygens (including phenoxy) is 1. The molecule has 0 amide bonds. The number of rotatable bonds is 4. The summed E-state index contributed by atoms with van der Waals surface area (Å²) in [5.41, 5.74) is 0. The first-order valence-electron chi connectivity index (χ1n) is 3.93. The summed E-state index contributed by atoms with van der Waals surface area (Å²) in [5.74, 6) is -3.93. The second-order valence-corrected chi connectivity index (χ2v) is 2.86. The van der Waals surface area contributed by atoms with E-state index in [-0.39, 0.29) is 12.2 Å². The summed E-state index contributed by atoms with van der Waals surface area (Å²) >= 11 is 0. The van der Waals surface area contributed by atoms with E-state index in [0.29, 0.717) is 0 Å². The lowest BCUT2D eigenvalue weighted by Gasteiger charge is -2.16. The molecule has 1 atom stereocenters. The molecular formula is C8H11F3O3. The molecule has 0 heterocycles. The first-order chi connectivity index (χ1) is 6.29. The minimum absolute atomic E-state index is 0.278. The summed E-state index contributed by atoms with van der Waals surface area (Å²) in [6, 6.07) is 0. The van der Waals surface area contributed by atoms with Crippen LogP contribution in [0.5, 0.6) is 0 Å². The summed E-state index contributed by atoms with van der Waals surface area (Å²) in [7, 11) is 0.884. The number of carbonyl (C=O) groups is 2. The molecule has 0 aromatic heterocycles. The Morgan fingerprint density at radius 1 is 1.36 bits per heavy atom. The van der Waals surface area contributed by atoms with Crippen molar-refractivity contribution >= 4 is 11.8 Å². The average molecular weight is 212 g/mol. The molecule has 0 radical (unpaired) electrons. The predicted molar refractivity (Wildman–Crippen MR) is 41.5 cm³/mol. The number of ketones is 1. The van der Waals surface area contributed by atoms with Crippen molar-refractivity contribution in [1.82, 2.24) is 0 Å². The van der Waals surface area contributed by atoms with Crippen LogP contribution in [0.15, 0.2) is 0 Å². The maximum Gasteiger partial charge on any atom is 0.402 e. The minimum Gasteiger partial charge on any atom is -0.469 e. The molecule has 0 aromatic rings. The van der Waals surface area contributed by atoms with Crippen molar-refractivity contribution in [2.45, 2.75) is 25.9 Å². The summed E-state index contributed by atoms with van der Waals surface area (Å²) in [6.07, 6.45) is -5.48. The molecule has 0 fully saturated rings. The Hall–Kier alpha value is -1.07. The summed E-state index contributed by atoms with van der Waals surface area (Å²) < 4.78 is 40.6. The lowest BCUT2D eigenvalue weighted by molar-refractivity contribution is -0.196. The number of hydrogen-bond acceptors (Lipinski definition) is 3. The molecule has 0 spiro atoms.